The summed E-state index contributed by atoms with van der Waals surface area (Å²) in [6.07, 6.45) is 9.57. The second-order valence-corrected chi connectivity index (χ2v) is 6.06. The molecule has 1 atom stereocenters. The van der Waals surface area contributed by atoms with Gasteiger partial charge in [0.15, 0.2) is 0 Å². The van der Waals surface area contributed by atoms with Crippen LogP contribution in [0.4, 0.5) is 5.69 Å². The van der Waals surface area contributed by atoms with Crippen molar-refractivity contribution in [2.75, 3.05) is 6.54 Å². The average molecular weight is 445 g/mol. The van der Waals surface area contributed by atoms with Crippen molar-refractivity contribution in [3.8, 4) is 0 Å². The minimum atomic E-state index is -0.166. The molecule has 3 nitrogen and oxygen atoms in total. The van der Waals surface area contributed by atoms with E-state index in [-0.39, 0.29) is 43.8 Å². The van der Waals surface area contributed by atoms with Crippen molar-refractivity contribution in [3.05, 3.63) is 73.2 Å². The zero-order chi connectivity index (χ0) is 16.7. The molecule has 7 radical (unpaired) electrons. The molecule has 0 unspecified atom stereocenters. The predicted molar refractivity (Wildman–Crippen MR) is 94.4 cm³/mol. The van der Waals surface area contributed by atoms with Crippen LogP contribution in [0.25, 0.3) is 5.32 Å². The van der Waals surface area contributed by atoms with Gasteiger partial charge in [0.2, 0.25) is 0 Å². The summed E-state index contributed by atoms with van der Waals surface area (Å²) < 4.78 is 0. The summed E-state index contributed by atoms with van der Waals surface area (Å²) in [6, 6.07) is 9.10. The number of hydrogen-bond acceptors (Lipinski definition) is 2. The number of nitrogens with zero attached hydrogens (tertiary/aromatic N) is 2. The molecule has 1 aromatic rings. The summed E-state index contributed by atoms with van der Waals surface area (Å²) in [6.45, 7) is 7.35. The van der Waals surface area contributed by atoms with Gasteiger partial charge in [-0.1, -0.05) is 51.3 Å². The average Bonchev–Trinajstić information content (AvgIpc) is 2.47. The normalized spacial score (nSPS) is 21.3. The van der Waals surface area contributed by atoms with Gasteiger partial charge in [0.05, 0.1) is 5.69 Å². The number of para-hydroxylation sites is 1. The molecule has 0 bridgehead atoms. The van der Waals surface area contributed by atoms with E-state index in [4.69, 9.17) is 0 Å². The summed E-state index contributed by atoms with van der Waals surface area (Å²) in [4.78, 5) is 3.95. The Morgan fingerprint density at radius 2 is 1.68 bits per heavy atom. The molecule has 135 valence electrons. The first-order chi connectivity index (χ1) is 11.1. The molecule has 25 heavy (non-hydrogen) atoms. The van der Waals surface area contributed by atoms with Crippen LogP contribution >= 0.6 is 0 Å². The Bertz CT molecular complexity index is 484. The maximum Gasteiger partial charge on any atom is 3.00 e. The number of hydrogen-bond donors (Lipinski definition) is 0. The first-order valence-electron chi connectivity index (χ1n) is 8.10. The minimum Gasteiger partial charge on any atom is -1.00 e. The molecule has 0 aromatic heterocycles. The number of aliphatic imine (C=N–C) groups is 1. The molecule has 2 fully saturated rings. The third-order valence-electron chi connectivity index (χ3n) is 3.78. The van der Waals surface area contributed by atoms with Gasteiger partial charge in [-0.15, -0.1) is 12.6 Å². The standard InChI is InChI=1S/C10H11N2O.C10H14.ClH.Ru/c13-10(9-6-7-11-9)12-8-4-2-1-3-5-8;1-8(2)10-6-4-9(3)5-7-10;;/h1-5,9H,6-7H2,(H,12,13);4-8H,1-3H3;1H;/q-1;;;+3/p-2/t9-;;;/m0.../s1. The van der Waals surface area contributed by atoms with Gasteiger partial charge >= 0.3 is 19.5 Å². The third-order valence-corrected chi connectivity index (χ3v) is 3.78. The zero-order valence-electron chi connectivity index (χ0n) is 14.8. The SMILES string of the molecule is C[C]1[CH][CH][C](C(C)C)[CH][CH]1.[Cl-].[O-]C(=Nc1ccccc1)[C@@H]1CC[N-]1.[Ru+3]. The number of rotatable bonds is 3. The summed E-state index contributed by atoms with van der Waals surface area (Å²) in [5.74, 6) is 3.30. The molecule has 5 heteroatoms. The van der Waals surface area contributed by atoms with Gasteiger partial charge in [-0.05, 0) is 55.6 Å². The van der Waals surface area contributed by atoms with E-state index in [1.165, 1.54) is 11.8 Å². The van der Waals surface area contributed by atoms with E-state index in [1.54, 1.807) is 0 Å². The van der Waals surface area contributed by atoms with E-state index < -0.39 is 0 Å². The summed E-state index contributed by atoms with van der Waals surface area (Å²) in [5, 5.41) is 15.4. The fourth-order valence-electron chi connectivity index (χ4n) is 2.12. The number of benzene rings is 1. The molecule has 0 N–H and O–H groups in total. The fraction of sp³-hybridized carbons (Fsp3) is 0.350. The van der Waals surface area contributed by atoms with Crippen LogP contribution in [0.5, 0.6) is 0 Å². The molecule has 1 aromatic carbocycles. The van der Waals surface area contributed by atoms with Crippen LogP contribution in [0.3, 0.4) is 0 Å². The van der Waals surface area contributed by atoms with E-state index >= 15 is 0 Å². The molecule has 1 saturated carbocycles. The Morgan fingerprint density at radius 3 is 2.12 bits per heavy atom. The Morgan fingerprint density at radius 1 is 1.12 bits per heavy atom. The van der Waals surface area contributed by atoms with E-state index in [9.17, 15) is 5.11 Å². The van der Waals surface area contributed by atoms with Crippen molar-refractivity contribution in [2.24, 2.45) is 10.9 Å². The maximum absolute atomic E-state index is 11.3. The summed E-state index contributed by atoms with van der Waals surface area (Å²) in [7, 11) is 0. The van der Waals surface area contributed by atoms with Crippen molar-refractivity contribution < 1.29 is 37.0 Å². The van der Waals surface area contributed by atoms with Crippen molar-refractivity contribution in [1.29, 1.82) is 0 Å². The van der Waals surface area contributed by atoms with E-state index in [0.29, 0.717) is 5.92 Å². The van der Waals surface area contributed by atoms with Gasteiger partial charge in [0, 0.05) is 0 Å². The second-order valence-electron chi connectivity index (χ2n) is 6.06. The first kappa shape index (κ1) is 24.6. The van der Waals surface area contributed by atoms with Crippen LogP contribution in [0, 0.1) is 43.4 Å². The zero-order valence-corrected chi connectivity index (χ0v) is 17.3. The molecular formula is C20H24ClN2ORu. The Labute approximate surface area is 172 Å². The Balaban J connectivity index is 0.000000440. The summed E-state index contributed by atoms with van der Waals surface area (Å²) >= 11 is 0. The van der Waals surface area contributed by atoms with Crippen LogP contribution in [0.2, 0.25) is 0 Å². The monoisotopic (exact) mass is 445 g/mol. The van der Waals surface area contributed by atoms with E-state index in [0.717, 1.165) is 18.7 Å². The molecule has 0 amide bonds. The molecule has 2 aliphatic rings. The fourth-order valence-corrected chi connectivity index (χ4v) is 2.12. The predicted octanol–water partition coefficient (Wildman–Crippen LogP) is 0.866. The van der Waals surface area contributed by atoms with E-state index in [2.05, 4.69) is 56.8 Å². The molecule has 1 heterocycles. The van der Waals surface area contributed by atoms with Crippen LogP contribution in [-0.4, -0.2) is 18.5 Å². The van der Waals surface area contributed by atoms with Gasteiger partial charge in [-0.2, -0.15) is 0 Å². The van der Waals surface area contributed by atoms with Crippen LogP contribution in [-0.2, 0) is 19.5 Å². The first-order valence-corrected chi connectivity index (χ1v) is 8.10. The molecule has 1 saturated heterocycles. The van der Waals surface area contributed by atoms with Gasteiger partial charge in [0.1, 0.15) is 0 Å². The maximum atomic E-state index is 11.3. The Kier molecular flexibility index (Phi) is 12.6. The summed E-state index contributed by atoms with van der Waals surface area (Å²) in [5.41, 5.74) is 0.717. The number of halogens is 1. The van der Waals surface area contributed by atoms with Gasteiger partial charge < -0.3 is 22.8 Å². The van der Waals surface area contributed by atoms with Crippen LogP contribution in [0.1, 0.15) is 27.2 Å². The van der Waals surface area contributed by atoms with Gasteiger partial charge in [0.25, 0.3) is 0 Å². The topological polar surface area (TPSA) is 49.5 Å². The largest absolute Gasteiger partial charge is 3.00 e. The van der Waals surface area contributed by atoms with Gasteiger partial charge in [-0.25, -0.2) is 0 Å². The minimum absolute atomic E-state index is 0. The third kappa shape index (κ3) is 8.66. The van der Waals surface area contributed by atoms with Crippen molar-refractivity contribution in [1.82, 2.24) is 0 Å². The molecule has 1 aliphatic carbocycles. The van der Waals surface area contributed by atoms with Crippen molar-refractivity contribution in [2.45, 2.75) is 33.2 Å². The smallest absolute Gasteiger partial charge is 1.00 e. The van der Waals surface area contributed by atoms with Crippen molar-refractivity contribution >= 4 is 11.6 Å². The molecule has 3 rings (SSSR count). The van der Waals surface area contributed by atoms with E-state index in [1.807, 2.05) is 30.3 Å². The van der Waals surface area contributed by atoms with Crippen molar-refractivity contribution in [3.63, 3.8) is 0 Å². The quantitative estimate of drug-likeness (QED) is 0.387. The molecular weight excluding hydrogens is 421 g/mol. The molecule has 0 spiro atoms. The van der Waals surface area contributed by atoms with Gasteiger partial charge in [-0.3, -0.25) is 4.99 Å². The Hall–Kier alpha value is -0.437. The van der Waals surface area contributed by atoms with Crippen LogP contribution in [0.15, 0.2) is 35.3 Å². The second kappa shape index (κ2) is 12.8. The molecule has 1 aliphatic heterocycles. The van der Waals surface area contributed by atoms with Crippen LogP contribution < -0.4 is 17.5 Å².